The SMILES string of the molecule is c1ccc2c(-c3cnc(-c4cnc(-c5c6ccccc6c(-c6cnc(-c7cnccn7)cn6)c6ccccc56)cn4)cn3)c3ccccc3c(-c3cnc(-c4cnccn4)cn3)c2c1. The van der Waals surface area contributed by atoms with Crippen molar-refractivity contribution in [3.05, 3.63) is 184 Å². The van der Waals surface area contributed by atoms with Gasteiger partial charge in [0.25, 0.3) is 0 Å². The van der Waals surface area contributed by atoms with Gasteiger partial charge in [-0.25, -0.2) is 0 Å². The molecule has 0 aliphatic heterocycles. The zero-order valence-electron chi connectivity index (χ0n) is 33.7. The second-order valence-electron chi connectivity index (χ2n) is 15.0. The Hall–Kier alpha value is -9.16. The van der Waals surface area contributed by atoms with Crippen LogP contribution in [0.1, 0.15) is 0 Å². The van der Waals surface area contributed by atoms with Crippen molar-refractivity contribution in [2.45, 2.75) is 0 Å². The summed E-state index contributed by atoms with van der Waals surface area (Å²) < 4.78 is 0. The molecule has 0 spiro atoms. The van der Waals surface area contributed by atoms with E-state index in [0.717, 1.165) is 88.1 Å². The number of fused-ring (bicyclic) bond motifs is 4. The molecule has 0 saturated heterocycles. The molecule has 0 aliphatic carbocycles. The van der Waals surface area contributed by atoms with E-state index in [9.17, 15) is 0 Å². The number of nitrogens with zero attached hydrogens (tertiary/aromatic N) is 12. The Labute approximate surface area is 364 Å². The van der Waals surface area contributed by atoms with Crippen LogP contribution in [0.4, 0.5) is 0 Å². The summed E-state index contributed by atoms with van der Waals surface area (Å²) in [6, 6.07) is 33.3. The molecule has 12 nitrogen and oxygen atoms in total. The van der Waals surface area contributed by atoms with E-state index >= 15 is 0 Å². The normalized spacial score (nSPS) is 11.4. The molecule has 0 saturated carbocycles. The smallest absolute Gasteiger partial charge is 0.109 e. The first-order chi connectivity index (χ1) is 31.8. The summed E-state index contributed by atoms with van der Waals surface area (Å²) in [5.74, 6) is 0. The minimum atomic E-state index is 0.611. The number of rotatable bonds is 7. The standard InChI is InChI=1S/C52H30N12/c1-5-13-35-31(9-1)49(45-27-57-41(23-61-45)39-21-53-17-19-55-39)32-10-2-6-14-36(32)51(35)47-29-59-43(25-63-47)44-26-64-48(30-60-44)52-37-15-7-3-11-33(37)50(34-12-4-8-16-38(34)52)46-28-58-42(24-62-46)40-22-54-18-20-56-40/h1-30H. The van der Waals surface area contributed by atoms with Gasteiger partial charge in [-0.05, 0) is 43.1 Å². The summed E-state index contributed by atoms with van der Waals surface area (Å²) in [7, 11) is 0. The first kappa shape index (κ1) is 36.7. The largest absolute Gasteiger partial charge is 0.261 e. The third-order valence-electron chi connectivity index (χ3n) is 11.4. The molecule has 12 rings (SSSR count). The van der Waals surface area contributed by atoms with E-state index in [1.54, 1.807) is 74.4 Å². The molecule has 298 valence electrons. The van der Waals surface area contributed by atoms with Crippen LogP contribution < -0.4 is 0 Å². The van der Waals surface area contributed by atoms with Crippen molar-refractivity contribution in [1.82, 2.24) is 59.8 Å². The molecule has 0 fully saturated rings. The Morgan fingerprint density at radius 2 is 0.391 bits per heavy atom. The molecule has 12 aromatic rings. The van der Waals surface area contributed by atoms with E-state index in [0.29, 0.717) is 34.2 Å². The monoisotopic (exact) mass is 822 g/mol. The van der Waals surface area contributed by atoms with Crippen LogP contribution in [0.2, 0.25) is 0 Å². The molecule has 0 unspecified atom stereocenters. The number of hydrogen-bond donors (Lipinski definition) is 0. The number of hydrogen-bond acceptors (Lipinski definition) is 12. The Morgan fingerprint density at radius 1 is 0.188 bits per heavy atom. The zero-order chi connectivity index (χ0) is 42.4. The molecular formula is C52H30N12. The maximum Gasteiger partial charge on any atom is 0.109 e. The van der Waals surface area contributed by atoms with Gasteiger partial charge in [-0.1, -0.05) is 97.1 Å². The maximum absolute atomic E-state index is 5.01. The van der Waals surface area contributed by atoms with Crippen molar-refractivity contribution in [3.63, 3.8) is 0 Å². The third kappa shape index (κ3) is 6.24. The summed E-state index contributed by atoms with van der Waals surface area (Å²) >= 11 is 0. The number of benzene rings is 6. The molecule has 6 aromatic carbocycles. The Balaban J connectivity index is 0.906. The second kappa shape index (κ2) is 15.4. The topological polar surface area (TPSA) is 155 Å². The highest BCUT2D eigenvalue weighted by atomic mass is 14.9. The lowest BCUT2D eigenvalue weighted by atomic mass is 9.89. The van der Waals surface area contributed by atoms with E-state index in [1.165, 1.54) is 0 Å². The molecule has 6 aromatic heterocycles. The summed E-state index contributed by atoms with van der Waals surface area (Å²) in [6.07, 6.45) is 24.2. The lowest BCUT2D eigenvalue weighted by Crippen LogP contribution is -1.97. The van der Waals surface area contributed by atoms with Gasteiger partial charge >= 0.3 is 0 Å². The van der Waals surface area contributed by atoms with Gasteiger partial charge < -0.3 is 0 Å². The van der Waals surface area contributed by atoms with Gasteiger partial charge in [0.05, 0.1) is 84.7 Å². The third-order valence-corrected chi connectivity index (χ3v) is 11.4. The Morgan fingerprint density at radius 3 is 0.578 bits per heavy atom. The van der Waals surface area contributed by atoms with Crippen LogP contribution in [0.25, 0.3) is 122 Å². The van der Waals surface area contributed by atoms with Gasteiger partial charge in [-0.15, -0.1) is 0 Å². The van der Waals surface area contributed by atoms with Gasteiger partial charge in [-0.3, -0.25) is 59.8 Å². The average Bonchev–Trinajstić information content (AvgIpc) is 3.38. The van der Waals surface area contributed by atoms with Crippen LogP contribution in [-0.2, 0) is 0 Å². The van der Waals surface area contributed by atoms with Gasteiger partial charge in [0.15, 0.2) is 0 Å². The molecule has 0 N–H and O–H groups in total. The molecule has 0 amide bonds. The predicted octanol–water partition coefficient (Wildman–Crippen LogP) is 10.7. The summed E-state index contributed by atoms with van der Waals surface area (Å²) in [5, 5.41) is 8.23. The fourth-order valence-electron chi connectivity index (χ4n) is 8.58. The first-order valence-electron chi connectivity index (χ1n) is 20.5. The van der Waals surface area contributed by atoms with Gasteiger partial charge in [0.1, 0.15) is 34.2 Å². The van der Waals surface area contributed by atoms with E-state index in [1.807, 2.05) is 60.9 Å². The van der Waals surface area contributed by atoms with Crippen LogP contribution in [-0.4, -0.2) is 59.8 Å². The first-order valence-corrected chi connectivity index (χ1v) is 20.5. The summed E-state index contributed by atoms with van der Waals surface area (Å²) in [4.78, 5) is 56.2. The van der Waals surface area contributed by atoms with Crippen LogP contribution in [0.15, 0.2) is 184 Å². The van der Waals surface area contributed by atoms with Gasteiger partial charge in [-0.2, -0.15) is 0 Å². The molecule has 0 radical (unpaired) electrons. The second-order valence-corrected chi connectivity index (χ2v) is 15.0. The summed E-state index contributed by atoms with van der Waals surface area (Å²) in [6.45, 7) is 0. The van der Waals surface area contributed by atoms with Crippen LogP contribution in [0, 0.1) is 0 Å². The van der Waals surface area contributed by atoms with E-state index in [2.05, 4.69) is 68.5 Å². The zero-order valence-corrected chi connectivity index (χ0v) is 33.7. The molecule has 0 bridgehead atoms. The highest BCUT2D eigenvalue weighted by Crippen LogP contribution is 2.44. The van der Waals surface area contributed by atoms with Gasteiger partial charge in [0, 0.05) is 47.0 Å². The van der Waals surface area contributed by atoms with E-state index in [-0.39, 0.29) is 0 Å². The van der Waals surface area contributed by atoms with Crippen molar-refractivity contribution in [3.8, 4) is 79.2 Å². The lowest BCUT2D eigenvalue weighted by molar-refractivity contribution is 1.15. The fraction of sp³-hybridized carbons (Fsp3) is 0. The average molecular weight is 823 g/mol. The Bertz CT molecular complexity index is 3320. The molecule has 6 heterocycles. The Kier molecular flexibility index (Phi) is 8.82. The predicted molar refractivity (Wildman–Crippen MR) is 248 cm³/mol. The van der Waals surface area contributed by atoms with Crippen molar-refractivity contribution >= 4 is 43.1 Å². The van der Waals surface area contributed by atoms with E-state index < -0.39 is 0 Å². The molecule has 0 atom stereocenters. The van der Waals surface area contributed by atoms with Crippen LogP contribution in [0.3, 0.4) is 0 Å². The molecule has 64 heavy (non-hydrogen) atoms. The van der Waals surface area contributed by atoms with Crippen molar-refractivity contribution in [1.29, 1.82) is 0 Å². The van der Waals surface area contributed by atoms with Crippen molar-refractivity contribution < 1.29 is 0 Å². The lowest BCUT2D eigenvalue weighted by Gasteiger charge is -2.17. The van der Waals surface area contributed by atoms with Crippen molar-refractivity contribution in [2.24, 2.45) is 0 Å². The molecule has 0 aliphatic rings. The van der Waals surface area contributed by atoms with Crippen LogP contribution >= 0.6 is 0 Å². The minimum Gasteiger partial charge on any atom is -0.261 e. The quantitative estimate of drug-likeness (QED) is 0.140. The maximum atomic E-state index is 5.01. The summed E-state index contributed by atoms with van der Waals surface area (Å²) in [5.41, 5.74) is 10.8. The highest BCUT2D eigenvalue weighted by molar-refractivity contribution is 6.22. The molecule has 12 heteroatoms. The van der Waals surface area contributed by atoms with Crippen molar-refractivity contribution in [2.75, 3.05) is 0 Å². The fourth-order valence-corrected chi connectivity index (χ4v) is 8.58. The van der Waals surface area contributed by atoms with Gasteiger partial charge in [0.2, 0.25) is 0 Å². The van der Waals surface area contributed by atoms with Crippen LogP contribution in [0.5, 0.6) is 0 Å². The molecular weight excluding hydrogens is 793 g/mol. The minimum absolute atomic E-state index is 0.611. The highest BCUT2D eigenvalue weighted by Gasteiger charge is 2.21. The number of aromatic nitrogens is 12. The van der Waals surface area contributed by atoms with E-state index in [4.69, 9.17) is 39.9 Å².